The van der Waals surface area contributed by atoms with Gasteiger partial charge in [-0.1, -0.05) is 66.5 Å². The molecule has 0 saturated heterocycles. The molecule has 4 aliphatic carbocycles. The maximum Gasteiger partial charge on any atom is 0.0568 e. The van der Waals surface area contributed by atoms with Crippen molar-refractivity contribution < 1.29 is 5.11 Å². The fourth-order valence-corrected chi connectivity index (χ4v) is 9.47. The van der Waals surface area contributed by atoms with Crippen LogP contribution in [-0.4, -0.2) is 11.2 Å². The van der Waals surface area contributed by atoms with Gasteiger partial charge in [-0.3, -0.25) is 0 Å². The van der Waals surface area contributed by atoms with E-state index in [9.17, 15) is 5.11 Å². The van der Waals surface area contributed by atoms with Gasteiger partial charge < -0.3 is 5.11 Å². The van der Waals surface area contributed by atoms with Crippen LogP contribution in [0.4, 0.5) is 0 Å². The molecule has 0 bridgehead atoms. The van der Waals surface area contributed by atoms with Crippen molar-refractivity contribution in [1.82, 2.24) is 0 Å². The number of aliphatic hydroxyl groups excluding tert-OH is 1. The molecule has 0 aliphatic heterocycles. The Hall–Kier alpha value is -0.300. The summed E-state index contributed by atoms with van der Waals surface area (Å²) in [5, 5.41) is 10.5. The van der Waals surface area contributed by atoms with Crippen LogP contribution in [-0.2, 0) is 0 Å². The molecule has 3 saturated carbocycles. The molecule has 30 heavy (non-hydrogen) atoms. The predicted molar refractivity (Wildman–Crippen MR) is 128 cm³/mol. The minimum atomic E-state index is -0.0731. The number of allylic oxidation sites excluding steroid dienone is 2. The van der Waals surface area contributed by atoms with Gasteiger partial charge in [0.15, 0.2) is 0 Å². The SMILES string of the molecule is CC[C@H](C[C@@H](C)[C@H]1CC[C@H]2C3=CC[C@H]4[C@H](C)[C@@H](O)CC[C@@]4(C)[C@@H]3CC[C@@]12C)C(C)C. The second-order valence-electron chi connectivity index (χ2n) is 13.0. The van der Waals surface area contributed by atoms with Gasteiger partial charge in [0.05, 0.1) is 6.10 Å². The number of rotatable bonds is 5. The van der Waals surface area contributed by atoms with E-state index in [-0.39, 0.29) is 6.10 Å². The van der Waals surface area contributed by atoms with Gasteiger partial charge in [0.25, 0.3) is 0 Å². The molecule has 0 amide bonds. The van der Waals surface area contributed by atoms with Crippen LogP contribution in [0.15, 0.2) is 11.6 Å². The molecule has 1 heteroatoms. The van der Waals surface area contributed by atoms with Crippen LogP contribution < -0.4 is 0 Å². The molecule has 3 fully saturated rings. The molecule has 1 N–H and O–H groups in total. The highest BCUT2D eigenvalue weighted by molar-refractivity contribution is 5.28. The molecule has 0 spiro atoms. The maximum atomic E-state index is 10.5. The molecule has 0 aromatic heterocycles. The van der Waals surface area contributed by atoms with Crippen LogP contribution in [0.5, 0.6) is 0 Å². The molecule has 4 rings (SSSR count). The third kappa shape index (κ3) is 3.45. The minimum Gasteiger partial charge on any atom is -0.393 e. The van der Waals surface area contributed by atoms with Crippen LogP contribution in [0.3, 0.4) is 0 Å². The van der Waals surface area contributed by atoms with Crippen molar-refractivity contribution in [2.45, 2.75) is 112 Å². The Kier molecular flexibility index (Phi) is 6.28. The Morgan fingerprint density at radius 3 is 2.33 bits per heavy atom. The molecule has 0 unspecified atom stereocenters. The lowest BCUT2D eigenvalue weighted by Crippen LogP contribution is -2.52. The average molecular weight is 415 g/mol. The van der Waals surface area contributed by atoms with E-state index in [1.54, 1.807) is 0 Å². The lowest BCUT2D eigenvalue weighted by Gasteiger charge is -2.59. The Balaban J connectivity index is 1.56. The van der Waals surface area contributed by atoms with E-state index in [0.717, 1.165) is 41.9 Å². The summed E-state index contributed by atoms with van der Waals surface area (Å²) in [6, 6.07) is 0. The van der Waals surface area contributed by atoms with Gasteiger partial charge in [-0.25, -0.2) is 0 Å². The summed E-state index contributed by atoms with van der Waals surface area (Å²) >= 11 is 0. The molecule has 0 heterocycles. The van der Waals surface area contributed by atoms with Gasteiger partial charge in [-0.2, -0.15) is 0 Å². The quantitative estimate of drug-likeness (QED) is 0.454. The molecule has 0 aromatic rings. The highest BCUT2D eigenvalue weighted by Crippen LogP contribution is 2.67. The molecule has 0 aromatic carbocycles. The summed E-state index contributed by atoms with van der Waals surface area (Å²) in [6.07, 6.45) is 14.6. The first-order chi connectivity index (χ1) is 14.1. The van der Waals surface area contributed by atoms with Crippen LogP contribution >= 0.6 is 0 Å². The number of fused-ring (bicyclic) bond motifs is 5. The van der Waals surface area contributed by atoms with Crippen LogP contribution in [0.2, 0.25) is 0 Å². The van der Waals surface area contributed by atoms with Gasteiger partial charge in [0, 0.05) is 0 Å². The third-order valence-corrected chi connectivity index (χ3v) is 11.5. The topological polar surface area (TPSA) is 20.2 Å². The maximum absolute atomic E-state index is 10.5. The Bertz CT molecular complexity index is 649. The van der Waals surface area contributed by atoms with Gasteiger partial charge in [0.2, 0.25) is 0 Å². The highest BCUT2D eigenvalue weighted by Gasteiger charge is 2.59. The average Bonchev–Trinajstić information content (AvgIpc) is 3.06. The first kappa shape index (κ1) is 22.9. The van der Waals surface area contributed by atoms with Gasteiger partial charge in [-0.05, 0) is 110 Å². The molecule has 1 nitrogen and oxygen atoms in total. The van der Waals surface area contributed by atoms with Crippen molar-refractivity contribution in [1.29, 1.82) is 0 Å². The molecule has 10 atom stereocenters. The standard InChI is InChI=1S/C29H50O/c1-8-21(18(2)3)17-19(4)23-11-12-25-22-9-10-24-20(5)27(30)14-16-29(24,7)26(22)13-15-28(23,25)6/h9,18-21,23-27,30H,8,10-17H2,1-7H3/t19-,20+,21-,23-,24+,25+,26-,27+,28+,29-/m1/s1. The van der Waals surface area contributed by atoms with E-state index in [0.29, 0.717) is 22.7 Å². The fourth-order valence-electron chi connectivity index (χ4n) is 9.47. The van der Waals surface area contributed by atoms with E-state index >= 15 is 0 Å². The largest absolute Gasteiger partial charge is 0.393 e. The van der Waals surface area contributed by atoms with Crippen LogP contribution in [0.25, 0.3) is 0 Å². The fraction of sp³-hybridized carbons (Fsp3) is 0.931. The van der Waals surface area contributed by atoms with Crippen molar-refractivity contribution in [2.24, 2.45) is 58.2 Å². The minimum absolute atomic E-state index is 0.0731. The van der Waals surface area contributed by atoms with Crippen molar-refractivity contribution in [3.63, 3.8) is 0 Å². The number of hydrogen-bond donors (Lipinski definition) is 1. The Morgan fingerprint density at radius 2 is 1.67 bits per heavy atom. The van der Waals surface area contributed by atoms with Crippen LogP contribution in [0.1, 0.15) is 106 Å². The lowest BCUT2D eigenvalue weighted by atomic mass is 9.46. The second kappa shape index (κ2) is 8.24. The Morgan fingerprint density at radius 1 is 1.00 bits per heavy atom. The molecular weight excluding hydrogens is 364 g/mol. The third-order valence-electron chi connectivity index (χ3n) is 11.5. The Labute approximate surface area is 187 Å². The van der Waals surface area contributed by atoms with E-state index in [2.05, 4.69) is 54.5 Å². The number of hydrogen-bond acceptors (Lipinski definition) is 1. The van der Waals surface area contributed by atoms with E-state index in [4.69, 9.17) is 0 Å². The molecular formula is C29H50O. The van der Waals surface area contributed by atoms with E-state index in [1.165, 1.54) is 51.4 Å². The van der Waals surface area contributed by atoms with Crippen molar-refractivity contribution in [2.75, 3.05) is 0 Å². The van der Waals surface area contributed by atoms with Crippen LogP contribution in [0, 0.1) is 58.2 Å². The smallest absolute Gasteiger partial charge is 0.0568 e. The summed E-state index contributed by atoms with van der Waals surface area (Å²) < 4.78 is 0. The van der Waals surface area contributed by atoms with Crippen molar-refractivity contribution in [3.8, 4) is 0 Å². The van der Waals surface area contributed by atoms with E-state index in [1.807, 2.05) is 5.57 Å². The molecule has 0 radical (unpaired) electrons. The van der Waals surface area contributed by atoms with E-state index < -0.39 is 0 Å². The molecule has 4 aliphatic rings. The summed E-state index contributed by atoms with van der Waals surface area (Å²) in [6.45, 7) is 17.4. The van der Waals surface area contributed by atoms with Crippen molar-refractivity contribution >= 4 is 0 Å². The van der Waals surface area contributed by atoms with Crippen molar-refractivity contribution in [3.05, 3.63) is 11.6 Å². The zero-order valence-electron chi connectivity index (χ0n) is 21.1. The summed E-state index contributed by atoms with van der Waals surface area (Å²) in [5.41, 5.74) is 2.83. The van der Waals surface area contributed by atoms with Gasteiger partial charge in [0.1, 0.15) is 0 Å². The highest BCUT2D eigenvalue weighted by atomic mass is 16.3. The normalized spacial score (nSPS) is 47.8. The summed E-state index contributed by atoms with van der Waals surface area (Å²) in [7, 11) is 0. The first-order valence-corrected chi connectivity index (χ1v) is 13.5. The molecule has 172 valence electrons. The first-order valence-electron chi connectivity index (χ1n) is 13.5. The zero-order valence-corrected chi connectivity index (χ0v) is 21.1. The van der Waals surface area contributed by atoms with Gasteiger partial charge in [-0.15, -0.1) is 0 Å². The second-order valence-corrected chi connectivity index (χ2v) is 13.0. The predicted octanol–water partition coefficient (Wildman–Crippen LogP) is 7.88. The van der Waals surface area contributed by atoms with Gasteiger partial charge >= 0.3 is 0 Å². The lowest BCUT2D eigenvalue weighted by molar-refractivity contribution is -0.0775. The summed E-state index contributed by atoms with van der Waals surface area (Å²) in [4.78, 5) is 0. The monoisotopic (exact) mass is 414 g/mol. The zero-order chi connectivity index (χ0) is 21.8. The summed E-state index contributed by atoms with van der Waals surface area (Å²) in [5.74, 6) is 6.26. The number of aliphatic hydroxyl groups is 1.